The Bertz CT molecular complexity index is 206. The smallest absolute Gasteiger partial charge is 0.243 e. The lowest BCUT2D eigenvalue weighted by molar-refractivity contribution is -0.116. The number of carbonyl (C=O) groups is 1. The van der Waals surface area contributed by atoms with Gasteiger partial charge in [0.1, 0.15) is 0 Å². The van der Waals surface area contributed by atoms with Crippen LogP contribution >= 0.6 is 0 Å². The van der Waals surface area contributed by atoms with Crippen LogP contribution in [0.3, 0.4) is 0 Å². The number of carbonyl (C=O) groups excluding carboxylic acids is 1. The molecule has 0 fully saturated rings. The van der Waals surface area contributed by atoms with Gasteiger partial charge in [0.15, 0.2) is 5.96 Å². The average molecular weight is 184 g/mol. The Labute approximate surface area is 77.9 Å². The molecule has 0 aromatic carbocycles. The number of nitrogens with two attached hydrogens (primary N) is 2. The predicted molar refractivity (Wildman–Crippen MR) is 53.1 cm³/mol. The fraction of sp³-hybridized carbons (Fsp3) is 0.500. The van der Waals surface area contributed by atoms with E-state index >= 15 is 0 Å². The van der Waals surface area contributed by atoms with E-state index in [1.54, 1.807) is 13.0 Å². The number of rotatable bonds is 5. The van der Waals surface area contributed by atoms with Gasteiger partial charge < -0.3 is 16.8 Å². The Balaban J connectivity index is 3.36. The van der Waals surface area contributed by atoms with Gasteiger partial charge in [0.05, 0.1) is 0 Å². The molecule has 0 aliphatic carbocycles. The molecule has 0 radical (unpaired) electrons. The summed E-state index contributed by atoms with van der Waals surface area (Å²) in [5.41, 5.74) is 10.2. The van der Waals surface area contributed by atoms with Gasteiger partial charge in [-0.2, -0.15) is 0 Å². The number of nitrogens with one attached hydrogen (secondary N) is 1. The molecule has 0 heterocycles. The Morgan fingerprint density at radius 1 is 1.54 bits per heavy atom. The van der Waals surface area contributed by atoms with E-state index in [-0.39, 0.29) is 11.9 Å². The molecule has 0 aromatic rings. The third-order valence-corrected chi connectivity index (χ3v) is 1.25. The number of guanidine groups is 1. The monoisotopic (exact) mass is 184 g/mol. The lowest BCUT2D eigenvalue weighted by atomic mass is 10.4. The Kier molecular flexibility index (Phi) is 6.31. The van der Waals surface area contributed by atoms with Crippen LogP contribution in [-0.4, -0.2) is 25.0 Å². The molecule has 0 atom stereocenters. The van der Waals surface area contributed by atoms with Crippen LogP contribution in [0.25, 0.3) is 0 Å². The maximum Gasteiger partial charge on any atom is 0.243 e. The van der Waals surface area contributed by atoms with Crippen LogP contribution in [-0.2, 0) is 4.79 Å². The van der Waals surface area contributed by atoms with Gasteiger partial charge in [-0.1, -0.05) is 6.08 Å². The van der Waals surface area contributed by atoms with Crippen molar-refractivity contribution >= 4 is 11.9 Å². The van der Waals surface area contributed by atoms with Gasteiger partial charge in [0.2, 0.25) is 5.91 Å². The first kappa shape index (κ1) is 11.5. The highest BCUT2D eigenvalue weighted by Crippen LogP contribution is 1.79. The lowest BCUT2D eigenvalue weighted by Gasteiger charge is -1.99. The number of hydrogen-bond acceptors (Lipinski definition) is 2. The minimum atomic E-state index is -0.0906. The minimum Gasteiger partial charge on any atom is -0.370 e. The minimum absolute atomic E-state index is 0.0831. The van der Waals surface area contributed by atoms with Crippen LogP contribution in [0, 0.1) is 0 Å². The van der Waals surface area contributed by atoms with Crippen molar-refractivity contribution in [2.24, 2.45) is 16.5 Å². The summed E-state index contributed by atoms with van der Waals surface area (Å²) in [5, 5.41) is 2.68. The third kappa shape index (κ3) is 8.39. The molecule has 1 amide bonds. The molecule has 0 unspecified atom stereocenters. The second kappa shape index (κ2) is 7.15. The highest BCUT2D eigenvalue weighted by Gasteiger charge is 1.92. The van der Waals surface area contributed by atoms with Crippen molar-refractivity contribution in [1.82, 2.24) is 5.32 Å². The summed E-state index contributed by atoms with van der Waals surface area (Å²) in [5.74, 6) is -0.00743. The Morgan fingerprint density at radius 2 is 2.23 bits per heavy atom. The Morgan fingerprint density at radius 3 is 2.77 bits per heavy atom. The lowest BCUT2D eigenvalue weighted by Crippen LogP contribution is -2.25. The zero-order valence-electron chi connectivity index (χ0n) is 7.79. The number of hydrogen-bond donors (Lipinski definition) is 3. The van der Waals surface area contributed by atoms with Crippen molar-refractivity contribution in [2.75, 3.05) is 13.1 Å². The van der Waals surface area contributed by atoms with Gasteiger partial charge in [0, 0.05) is 13.1 Å². The van der Waals surface area contributed by atoms with Crippen LogP contribution in [0.15, 0.2) is 17.1 Å². The average Bonchev–Trinajstić information content (AvgIpc) is 2.03. The van der Waals surface area contributed by atoms with E-state index in [9.17, 15) is 4.79 Å². The zero-order chi connectivity index (χ0) is 10.1. The summed E-state index contributed by atoms with van der Waals surface area (Å²) in [6.45, 7) is 2.91. The molecule has 0 aliphatic rings. The first-order valence-electron chi connectivity index (χ1n) is 4.12. The Hall–Kier alpha value is -1.52. The summed E-state index contributed by atoms with van der Waals surface area (Å²) in [4.78, 5) is 14.6. The van der Waals surface area contributed by atoms with Crippen molar-refractivity contribution in [3.8, 4) is 0 Å². The van der Waals surface area contributed by atoms with Crippen molar-refractivity contribution < 1.29 is 4.79 Å². The highest BCUT2D eigenvalue weighted by atomic mass is 16.1. The quantitative estimate of drug-likeness (QED) is 0.229. The van der Waals surface area contributed by atoms with E-state index in [1.807, 2.05) is 0 Å². The molecular weight excluding hydrogens is 168 g/mol. The van der Waals surface area contributed by atoms with Gasteiger partial charge >= 0.3 is 0 Å². The first-order valence-corrected chi connectivity index (χ1v) is 4.12. The van der Waals surface area contributed by atoms with E-state index in [0.717, 1.165) is 6.42 Å². The summed E-state index contributed by atoms with van der Waals surface area (Å²) in [6.07, 6.45) is 3.90. The summed E-state index contributed by atoms with van der Waals surface area (Å²) >= 11 is 0. The van der Waals surface area contributed by atoms with Gasteiger partial charge in [-0.25, -0.2) is 0 Å². The number of aliphatic imine (C=N–C) groups is 1. The molecule has 0 saturated heterocycles. The normalized spacial score (nSPS) is 9.92. The van der Waals surface area contributed by atoms with E-state index in [2.05, 4.69) is 10.3 Å². The third-order valence-electron chi connectivity index (χ3n) is 1.25. The van der Waals surface area contributed by atoms with Crippen molar-refractivity contribution in [1.29, 1.82) is 0 Å². The van der Waals surface area contributed by atoms with E-state index in [1.165, 1.54) is 6.08 Å². The van der Waals surface area contributed by atoms with Crippen molar-refractivity contribution in [3.63, 3.8) is 0 Å². The second-order valence-electron chi connectivity index (χ2n) is 2.45. The molecule has 0 aliphatic heterocycles. The zero-order valence-corrected chi connectivity index (χ0v) is 7.79. The van der Waals surface area contributed by atoms with E-state index in [0.29, 0.717) is 13.1 Å². The number of amides is 1. The highest BCUT2D eigenvalue weighted by molar-refractivity contribution is 5.87. The largest absolute Gasteiger partial charge is 0.370 e. The predicted octanol–water partition coefficient (Wildman–Crippen LogP) is -0.658. The summed E-state index contributed by atoms with van der Waals surface area (Å²) < 4.78 is 0. The SMILES string of the molecule is CC=CC(=O)NCCCN=C(N)N. The van der Waals surface area contributed by atoms with Crippen LogP contribution < -0.4 is 16.8 Å². The molecule has 5 N–H and O–H groups in total. The van der Waals surface area contributed by atoms with Gasteiger partial charge in [0.25, 0.3) is 0 Å². The van der Waals surface area contributed by atoms with Crippen LogP contribution in [0.2, 0.25) is 0 Å². The molecule has 13 heavy (non-hydrogen) atoms. The van der Waals surface area contributed by atoms with E-state index in [4.69, 9.17) is 11.5 Å². The molecule has 0 spiro atoms. The topological polar surface area (TPSA) is 93.5 Å². The van der Waals surface area contributed by atoms with Gasteiger partial charge in [-0.05, 0) is 19.4 Å². The molecule has 5 heteroatoms. The molecule has 0 rings (SSSR count). The summed E-state index contributed by atoms with van der Waals surface area (Å²) in [6, 6.07) is 0. The second-order valence-corrected chi connectivity index (χ2v) is 2.45. The van der Waals surface area contributed by atoms with Gasteiger partial charge in [-0.3, -0.25) is 9.79 Å². The summed E-state index contributed by atoms with van der Waals surface area (Å²) in [7, 11) is 0. The molecule has 5 nitrogen and oxygen atoms in total. The molecule has 74 valence electrons. The van der Waals surface area contributed by atoms with Crippen LogP contribution in [0.5, 0.6) is 0 Å². The number of allylic oxidation sites excluding steroid dienone is 1. The van der Waals surface area contributed by atoms with Crippen molar-refractivity contribution in [2.45, 2.75) is 13.3 Å². The number of nitrogens with zero attached hydrogens (tertiary/aromatic N) is 1. The van der Waals surface area contributed by atoms with Gasteiger partial charge in [-0.15, -0.1) is 0 Å². The maximum absolute atomic E-state index is 10.9. The van der Waals surface area contributed by atoms with E-state index < -0.39 is 0 Å². The first-order chi connectivity index (χ1) is 6.16. The standard InChI is InChI=1S/C8H16N4O/c1-2-4-7(13)11-5-3-6-12-8(9)10/h2,4H,3,5-6H2,1H3,(H,11,13)(H4,9,10,12). The molecule has 0 aromatic heterocycles. The maximum atomic E-state index is 10.9. The molecular formula is C8H16N4O. The fourth-order valence-corrected chi connectivity index (χ4v) is 0.709. The molecule has 0 saturated carbocycles. The fourth-order valence-electron chi connectivity index (χ4n) is 0.709. The van der Waals surface area contributed by atoms with Crippen LogP contribution in [0.1, 0.15) is 13.3 Å². The van der Waals surface area contributed by atoms with Crippen LogP contribution in [0.4, 0.5) is 0 Å². The van der Waals surface area contributed by atoms with Crippen molar-refractivity contribution in [3.05, 3.63) is 12.2 Å². The molecule has 0 bridgehead atoms.